The van der Waals surface area contributed by atoms with E-state index in [1.54, 1.807) is 0 Å². The molecule has 0 unspecified atom stereocenters. The number of rotatable bonds is 4. The number of hydrogen-bond donors (Lipinski definition) is 1. The molecule has 7 heteroatoms. The third-order valence-corrected chi connectivity index (χ3v) is 4.08. The molecule has 1 aromatic carbocycles. The van der Waals surface area contributed by atoms with Crippen molar-refractivity contribution in [2.24, 2.45) is 0 Å². The van der Waals surface area contributed by atoms with Crippen molar-refractivity contribution in [3.63, 3.8) is 0 Å². The predicted octanol–water partition coefficient (Wildman–Crippen LogP) is 3.80. The zero-order valence-corrected chi connectivity index (χ0v) is 11.9. The Bertz CT molecular complexity index is 551. The molecular weight excluding hydrogens is 303 g/mol. The van der Waals surface area contributed by atoms with Gasteiger partial charge in [0, 0.05) is 31.2 Å². The van der Waals surface area contributed by atoms with Crippen molar-refractivity contribution in [3.8, 4) is 0 Å². The average molecular weight is 320 g/mol. The van der Waals surface area contributed by atoms with Gasteiger partial charge in [-0.15, -0.1) is 0 Å². The number of halogens is 5. The van der Waals surface area contributed by atoms with Gasteiger partial charge in [0.1, 0.15) is 0 Å². The van der Waals surface area contributed by atoms with E-state index in [0.717, 1.165) is 25.0 Å². The molecule has 2 aliphatic rings. The molecule has 0 radical (unpaired) electrons. The summed E-state index contributed by atoms with van der Waals surface area (Å²) >= 11 is 0. The molecule has 0 aromatic heterocycles. The molecule has 1 aromatic rings. The SMILES string of the molecule is FC1(F)CCN(c2cc(C(F)(F)F)ccc2CNC2CC2)C1. The molecule has 1 saturated carbocycles. The molecule has 122 valence electrons. The third kappa shape index (κ3) is 3.51. The van der Waals surface area contributed by atoms with Crippen molar-refractivity contribution >= 4 is 5.69 Å². The second-order valence-electron chi connectivity index (χ2n) is 6.02. The van der Waals surface area contributed by atoms with Gasteiger partial charge in [0.15, 0.2) is 0 Å². The second-order valence-corrected chi connectivity index (χ2v) is 6.02. The van der Waals surface area contributed by atoms with Crippen LogP contribution in [0.2, 0.25) is 0 Å². The Morgan fingerprint density at radius 3 is 2.50 bits per heavy atom. The molecule has 0 amide bonds. The van der Waals surface area contributed by atoms with E-state index < -0.39 is 24.2 Å². The molecular formula is C15H17F5N2. The van der Waals surface area contributed by atoms with E-state index in [-0.39, 0.29) is 18.7 Å². The lowest BCUT2D eigenvalue weighted by atomic mass is 10.1. The summed E-state index contributed by atoms with van der Waals surface area (Å²) < 4.78 is 65.4. The van der Waals surface area contributed by atoms with Crippen LogP contribution in [0.4, 0.5) is 27.6 Å². The first kappa shape index (κ1) is 15.5. The lowest BCUT2D eigenvalue weighted by Crippen LogP contribution is -2.27. The van der Waals surface area contributed by atoms with Gasteiger partial charge < -0.3 is 10.2 Å². The molecule has 1 N–H and O–H groups in total. The second kappa shape index (κ2) is 5.37. The maximum absolute atomic E-state index is 13.4. The van der Waals surface area contributed by atoms with Crippen LogP contribution in [-0.4, -0.2) is 25.1 Å². The minimum absolute atomic E-state index is 0.0741. The van der Waals surface area contributed by atoms with Gasteiger partial charge in [0.2, 0.25) is 0 Å². The van der Waals surface area contributed by atoms with Gasteiger partial charge >= 0.3 is 6.18 Å². The van der Waals surface area contributed by atoms with Crippen molar-refractivity contribution in [2.45, 2.75) is 43.9 Å². The first-order valence-corrected chi connectivity index (χ1v) is 7.31. The summed E-state index contributed by atoms with van der Waals surface area (Å²) in [5, 5.41) is 3.22. The van der Waals surface area contributed by atoms with Crippen LogP contribution in [0.25, 0.3) is 0 Å². The lowest BCUT2D eigenvalue weighted by molar-refractivity contribution is -0.137. The smallest absolute Gasteiger partial charge is 0.365 e. The van der Waals surface area contributed by atoms with Crippen molar-refractivity contribution in [1.29, 1.82) is 0 Å². The van der Waals surface area contributed by atoms with Crippen LogP contribution in [0.3, 0.4) is 0 Å². The van der Waals surface area contributed by atoms with Crippen LogP contribution < -0.4 is 10.2 Å². The zero-order chi connectivity index (χ0) is 16.0. The fourth-order valence-electron chi connectivity index (χ4n) is 2.67. The minimum Gasteiger partial charge on any atom is -0.365 e. The van der Waals surface area contributed by atoms with Crippen molar-refractivity contribution in [2.75, 3.05) is 18.0 Å². The molecule has 2 nitrogen and oxygen atoms in total. The molecule has 0 bridgehead atoms. The Balaban J connectivity index is 1.87. The molecule has 1 aliphatic heterocycles. The Morgan fingerprint density at radius 1 is 1.23 bits per heavy atom. The summed E-state index contributed by atoms with van der Waals surface area (Å²) in [5.74, 6) is -2.84. The number of nitrogens with zero attached hydrogens (tertiary/aromatic N) is 1. The molecule has 1 heterocycles. The Hall–Kier alpha value is -1.37. The number of benzene rings is 1. The molecule has 2 fully saturated rings. The Morgan fingerprint density at radius 2 is 1.95 bits per heavy atom. The van der Waals surface area contributed by atoms with Gasteiger partial charge in [-0.05, 0) is 30.5 Å². The highest BCUT2D eigenvalue weighted by Gasteiger charge is 2.40. The maximum atomic E-state index is 13.4. The molecule has 1 aliphatic carbocycles. The number of hydrogen-bond acceptors (Lipinski definition) is 2. The van der Waals surface area contributed by atoms with Crippen LogP contribution >= 0.6 is 0 Å². The highest BCUT2D eigenvalue weighted by molar-refractivity contribution is 5.57. The van der Waals surface area contributed by atoms with E-state index in [1.807, 2.05) is 0 Å². The summed E-state index contributed by atoms with van der Waals surface area (Å²) in [6.07, 6.45) is -2.69. The van der Waals surface area contributed by atoms with E-state index in [1.165, 1.54) is 11.0 Å². The number of nitrogens with one attached hydrogen (secondary N) is 1. The number of alkyl halides is 5. The molecule has 0 atom stereocenters. The van der Waals surface area contributed by atoms with E-state index in [9.17, 15) is 22.0 Å². The van der Waals surface area contributed by atoms with Crippen molar-refractivity contribution < 1.29 is 22.0 Å². The van der Waals surface area contributed by atoms with Crippen molar-refractivity contribution in [1.82, 2.24) is 5.32 Å². The standard InChI is InChI=1S/C15H17F5N2/c16-14(17)5-6-22(9-14)13-7-11(15(18,19)20)2-1-10(13)8-21-12-3-4-12/h1-2,7,12,21H,3-6,8-9H2. The van der Waals surface area contributed by atoms with Crippen LogP contribution in [0, 0.1) is 0 Å². The average Bonchev–Trinajstić information content (AvgIpc) is 3.18. The van der Waals surface area contributed by atoms with E-state index in [4.69, 9.17) is 0 Å². The highest BCUT2D eigenvalue weighted by atomic mass is 19.4. The van der Waals surface area contributed by atoms with Crippen LogP contribution in [0.5, 0.6) is 0 Å². The monoisotopic (exact) mass is 320 g/mol. The summed E-state index contributed by atoms with van der Waals surface area (Å²) in [4.78, 5) is 1.36. The Labute approximate surface area is 125 Å². The fourth-order valence-corrected chi connectivity index (χ4v) is 2.67. The van der Waals surface area contributed by atoms with Gasteiger partial charge in [-0.2, -0.15) is 13.2 Å². The number of anilines is 1. The normalized spacial score (nSPS) is 21.4. The van der Waals surface area contributed by atoms with Gasteiger partial charge in [-0.1, -0.05) is 6.07 Å². The molecule has 1 saturated heterocycles. The quantitative estimate of drug-likeness (QED) is 0.849. The summed E-state index contributed by atoms with van der Waals surface area (Å²) in [7, 11) is 0. The van der Waals surface area contributed by atoms with Gasteiger partial charge in [-0.25, -0.2) is 8.78 Å². The molecule has 22 heavy (non-hydrogen) atoms. The minimum atomic E-state index is -4.47. The Kier molecular flexibility index (Phi) is 3.79. The largest absolute Gasteiger partial charge is 0.416 e. The van der Waals surface area contributed by atoms with E-state index >= 15 is 0 Å². The third-order valence-electron chi connectivity index (χ3n) is 4.08. The molecule has 0 spiro atoms. The topological polar surface area (TPSA) is 15.3 Å². The fraction of sp³-hybridized carbons (Fsp3) is 0.600. The maximum Gasteiger partial charge on any atom is 0.416 e. The van der Waals surface area contributed by atoms with E-state index in [0.29, 0.717) is 18.2 Å². The van der Waals surface area contributed by atoms with Crippen LogP contribution in [0.1, 0.15) is 30.4 Å². The first-order chi connectivity index (χ1) is 10.2. The van der Waals surface area contributed by atoms with E-state index in [2.05, 4.69) is 5.32 Å². The van der Waals surface area contributed by atoms with Crippen LogP contribution in [0.15, 0.2) is 18.2 Å². The highest BCUT2D eigenvalue weighted by Crippen LogP contribution is 2.37. The van der Waals surface area contributed by atoms with Gasteiger partial charge in [-0.3, -0.25) is 0 Å². The summed E-state index contributed by atoms with van der Waals surface area (Å²) in [5.41, 5.74) is 0.102. The van der Waals surface area contributed by atoms with Gasteiger partial charge in [0.05, 0.1) is 12.1 Å². The predicted molar refractivity (Wildman–Crippen MR) is 73.1 cm³/mol. The first-order valence-electron chi connectivity index (χ1n) is 7.31. The zero-order valence-electron chi connectivity index (χ0n) is 11.9. The summed E-state index contributed by atoms with van der Waals surface area (Å²) in [6.45, 7) is -0.0459. The lowest BCUT2D eigenvalue weighted by Gasteiger charge is -2.23. The summed E-state index contributed by atoms with van der Waals surface area (Å²) in [6, 6.07) is 3.80. The molecule has 3 rings (SSSR count). The van der Waals surface area contributed by atoms with Crippen LogP contribution in [-0.2, 0) is 12.7 Å². The van der Waals surface area contributed by atoms with Crippen molar-refractivity contribution in [3.05, 3.63) is 29.3 Å². The van der Waals surface area contributed by atoms with Gasteiger partial charge in [0.25, 0.3) is 5.92 Å².